The van der Waals surface area contributed by atoms with Crippen LogP contribution < -0.4 is 9.62 Å². The van der Waals surface area contributed by atoms with Crippen molar-refractivity contribution in [3.05, 3.63) is 92.9 Å². The highest BCUT2D eigenvalue weighted by Gasteiger charge is 2.34. The molecule has 202 valence electrons. The first-order valence-electron chi connectivity index (χ1n) is 11.9. The van der Waals surface area contributed by atoms with Crippen molar-refractivity contribution < 1.29 is 18.0 Å². The van der Waals surface area contributed by atoms with Crippen molar-refractivity contribution in [2.45, 2.75) is 37.8 Å². The van der Waals surface area contributed by atoms with Crippen molar-refractivity contribution in [2.24, 2.45) is 0 Å². The number of hydrogen-bond donors (Lipinski definition) is 1. The molecule has 7 nitrogen and oxygen atoms in total. The van der Waals surface area contributed by atoms with Crippen LogP contribution >= 0.6 is 39.1 Å². The van der Waals surface area contributed by atoms with E-state index in [2.05, 4.69) is 21.2 Å². The highest BCUT2D eigenvalue weighted by molar-refractivity contribution is 9.10. The Bertz CT molecular complexity index is 1370. The average molecular weight is 641 g/mol. The van der Waals surface area contributed by atoms with Gasteiger partial charge in [-0.25, -0.2) is 8.42 Å². The summed E-state index contributed by atoms with van der Waals surface area (Å²) in [5.74, 6) is -0.940. The quantitative estimate of drug-likeness (QED) is 0.283. The zero-order valence-corrected chi connectivity index (χ0v) is 24.8. The summed E-state index contributed by atoms with van der Waals surface area (Å²) in [5, 5.41) is 3.43. The van der Waals surface area contributed by atoms with Gasteiger partial charge in [-0.1, -0.05) is 76.4 Å². The fraction of sp³-hybridized carbons (Fsp3) is 0.259. The first-order chi connectivity index (χ1) is 18.1. The van der Waals surface area contributed by atoms with E-state index in [9.17, 15) is 18.0 Å². The molecule has 1 atom stereocenters. The lowest BCUT2D eigenvalue weighted by molar-refractivity contribution is -0.140. The van der Waals surface area contributed by atoms with E-state index in [-0.39, 0.29) is 17.3 Å². The minimum Gasteiger partial charge on any atom is -0.355 e. The minimum atomic E-state index is -4.14. The van der Waals surface area contributed by atoms with Gasteiger partial charge in [0, 0.05) is 33.2 Å². The summed E-state index contributed by atoms with van der Waals surface area (Å²) in [5.41, 5.74) is 0.755. The number of nitrogens with one attached hydrogen (secondary N) is 1. The van der Waals surface area contributed by atoms with E-state index in [0.717, 1.165) is 4.31 Å². The van der Waals surface area contributed by atoms with Crippen LogP contribution in [0.1, 0.15) is 25.8 Å². The molecule has 3 rings (SSSR count). The summed E-state index contributed by atoms with van der Waals surface area (Å²) in [6, 6.07) is 18.6. The molecule has 11 heteroatoms. The van der Waals surface area contributed by atoms with Gasteiger partial charge in [-0.05, 0) is 55.8 Å². The van der Waals surface area contributed by atoms with Crippen molar-refractivity contribution in [3.8, 4) is 0 Å². The van der Waals surface area contributed by atoms with Gasteiger partial charge < -0.3 is 10.2 Å². The predicted molar refractivity (Wildman–Crippen MR) is 155 cm³/mol. The number of anilines is 1. The summed E-state index contributed by atoms with van der Waals surface area (Å²) >= 11 is 16.2. The number of nitrogens with zero attached hydrogens (tertiary/aromatic N) is 2. The molecule has 1 N–H and O–H groups in total. The van der Waals surface area contributed by atoms with Crippen LogP contribution in [-0.2, 0) is 26.2 Å². The van der Waals surface area contributed by atoms with E-state index < -0.39 is 28.5 Å². The number of carbonyl (C=O) groups is 2. The second-order valence-corrected chi connectivity index (χ2v) is 11.9. The van der Waals surface area contributed by atoms with E-state index in [4.69, 9.17) is 23.2 Å². The van der Waals surface area contributed by atoms with Crippen LogP contribution in [0, 0.1) is 0 Å². The van der Waals surface area contributed by atoms with Crippen LogP contribution in [0.25, 0.3) is 0 Å². The van der Waals surface area contributed by atoms with Crippen LogP contribution in [0.3, 0.4) is 0 Å². The SMILES string of the molecule is CCNC(=O)C(CC)N(Cc1c(Cl)cccc1Cl)C(=O)CN(c1cccc(Br)c1)S(=O)(=O)c1ccccc1. The molecule has 3 aromatic carbocycles. The molecular weight excluding hydrogens is 613 g/mol. The third-order valence-corrected chi connectivity index (χ3v) is 8.82. The van der Waals surface area contributed by atoms with E-state index in [1.165, 1.54) is 17.0 Å². The van der Waals surface area contributed by atoms with Gasteiger partial charge in [0.1, 0.15) is 12.6 Å². The fourth-order valence-corrected chi connectivity index (χ4v) is 6.28. The van der Waals surface area contributed by atoms with Gasteiger partial charge in [-0.15, -0.1) is 0 Å². The molecule has 0 heterocycles. The average Bonchev–Trinajstić information content (AvgIpc) is 2.89. The van der Waals surface area contributed by atoms with E-state index in [1.807, 2.05) is 0 Å². The lowest BCUT2D eigenvalue weighted by atomic mass is 10.1. The molecule has 0 bridgehead atoms. The molecule has 38 heavy (non-hydrogen) atoms. The topological polar surface area (TPSA) is 86.8 Å². The summed E-state index contributed by atoms with van der Waals surface area (Å²) in [7, 11) is -4.14. The van der Waals surface area contributed by atoms with Crippen LogP contribution in [0.5, 0.6) is 0 Å². The molecule has 1 unspecified atom stereocenters. The molecule has 0 aromatic heterocycles. The molecule has 0 aliphatic carbocycles. The largest absolute Gasteiger partial charge is 0.355 e. The van der Waals surface area contributed by atoms with Gasteiger partial charge in [-0.3, -0.25) is 13.9 Å². The number of rotatable bonds is 11. The number of hydrogen-bond acceptors (Lipinski definition) is 4. The van der Waals surface area contributed by atoms with Gasteiger partial charge in [-0.2, -0.15) is 0 Å². The second-order valence-electron chi connectivity index (χ2n) is 8.35. The van der Waals surface area contributed by atoms with Crippen molar-refractivity contribution in [1.82, 2.24) is 10.2 Å². The zero-order chi connectivity index (χ0) is 27.9. The Labute approximate surface area is 241 Å². The predicted octanol–water partition coefficient (Wildman–Crippen LogP) is 5.89. The number of likely N-dealkylation sites (N-methyl/N-ethyl adjacent to an activating group) is 1. The Morgan fingerprint density at radius 1 is 0.947 bits per heavy atom. The third kappa shape index (κ3) is 7.08. The number of carbonyl (C=O) groups excluding carboxylic acids is 2. The maximum Gasteiger partial charge on any atom is 0.264 e. The first kappa shape index (κ1) is 30.0. The van der Waals surface area contributed by atoms with E-state index >= 15 is 0 Å². The lowest BCUT2D eigenvalue weighted by Crippen LogP contribution is -2.52. The Hall–Kier alpha value is -2.59. The molecule has 3 aromatic rings. The smallest absolute Gasteiger partial charge is 0.264 e. The van der Waals surface area contributed by atoms with Gasteiger partial charge >= 0.3 is 0 Å². The van der Waals surface area contributed by atoms with E-state index in [1.54, 1.807) is 74.5 Å². The maximum atomic E-state index is 14.0. The summed E-state index contributed by atoms with van der Waals surface area (Å²) in [6.07, 6.45) is 0.294. The van der Waals surface area contributed by atoms with Gasteiger partial charge in [0.15, 0.2) is 0 Å². The van der Waals surface area contributed by atoms with Crippen LogP contribution in [0.15, 0.2) is 82.2 Å². The molecule has 0 saturated heterocycles. The van der Waals surface area contributed by atoms with Crippen molar-refractivity contribution in [1.29, 1.82) is 0 Å². The Kier molecular flexibility index (Phi) is 10.6. The van der Waals surface area contributed by atoms with Crippen molar-refractivity contribution >= 4 is 66.7 Å². The molecular formula is C27H28BrCl2N3O4S. The van der Waals surface area contributed by atoms with Crippen molar-refractivity contribution in [2.75, 3.05) is 17.4 Å². The normalized spacial score (nSPS) is 12.0. The second kappa shape index (κ2) is 13.5. The number of sulfonamides is 1. The Morgan fingerprint density at radius 3 is 2.16 bits per heavy atom. The molecule has 0 aliphatic rings. The van der Waals surface area contributed by atoms with Crippen molar-refractivity contribution in [3.63, 3.8) is 0 Å². The molecule has 0 aliphatic heterocycles. The number of benzene rings is 3. The van der Waals surface area contributed by atoms with Crippen LogP contribution in [0.2, 0.25) is 10.0 Å². The van der Waals surface area contributed by atoms with Crippen LogP contribution in [0.4, 0.5) is 5.69 Å². The first-order valence-corrected chi connectivity index (χ1v) is 14.9. The highest BCUT2D eigenvalue weighted by Crippen LogP contribution is 2.29. The molecule has 0 fully saturated rings. The summed E-state index contributed by atoms with van der Waals surface area (Å²) in [4.78, 5) is 28.3. The number of amides is 2. The van der Waals surface area contributed by atoms with Gasteiger partial charge in [0.2, 0.25) is 11.8 Å². The molecule has 0 spiro atoms. The fourth-order valence-electron chi connectivity index (χ4n) is 3.94. The molecule has 0 saturated carbocycles. The third-order valence-electron chi connectivity index (χ3n) is 5.83. The standard InChI is InChI=1S/C27H28BrCl2N3O4S/c1-3-25(27(35)31-4-2)32(17-22-23(29)14-9-15-24(22)30)26(34)18-33(20-11-8-10-19(28)16-20)38(36,37)21-12-6-5-7-13-21/h5-16,25H,3-4,17-18H2,1-2H3,(H,31,35). The molecule has 2 amide bonds. The number of halogens is 3. The lowest BCUT2D eigenvalue weighted by Gasteiger charge is -2.33. The summed E-state index contributed by atoms with van der Waals surface area (Å²) in [6.45, 7) is 3.30. The van der Waals surface area contributed by atoms with Gasteiger partial charge in [0.05, 0.1) is 10.6 Å². The zero-order valence-electron chi connectivity index (χ0n) is 20.9. The molecule has 0 radical (unpaired) electrons. The van der Waals surface area contributed by atoms with Crippen LogP contribution in [-0.4, -0.2) is 44.3 Å². The van der Waals surface area contributed by atoms with E-state index in [0.29, 0.717) is 38.7 Å². The maximum absolute atomic E-state index is 14.0. The summed E-state index contributed by atoms with van der Waals surface area (Å²) < 4.78 is 29.2. The Morgan fingerprint density at radius 2 is 1.58 bits per heavy atom. The highest BCUT2D eigenvalue weighted by atomic mass is 79.9. The van der Waals surface area contributed by atoms with Gasteiger partial charge in [0.25, 0.3) is 10.0 Å². The minimum absolute atomic E-state index is 0.0317. The monoisotopic (exact) mass is 639 g/mol. The Balaban J connectivity index is 2.09.